The highest BCUT2D eigenvalue weighted by atomic mass is 32.1. The van der Waals surface area contributed by atoms with E-state index in [1.165, 1.54) is 10.4 Å². The first-order valence-corrected chi connectivity index (χ1v) is 7.48. The van der Waals surface area contributed by atoms with Gasteiger partial charge in [0.2, 0.25) is 0 Å². The minimum atomic E-state index is 0.121. The third kappa shape index (κ3) is 1.46. The van der Waals surface area contributed by atoms with Crippen molar-refractivity contribution in [2.24, 2.45) is 0 Å². The molecule has 3 heterocycles. The summed E-state index contributed by atoms with van der Waals surface area (Å²) in [6.07, 6.45) is 3.10. The third-order valence-electron chi connectivity index (χ3n) is 3.71. The largest absolute Gasteiger partial charge is 0.323 e. The van der Waals surface area contributed by atoms with Gasteiger partial charge in [0.25, 0.3) is 5.56 Å². The predicted octanol–water partition coefficient (Wildman–Crippen LogP) is 2.10. The number of H-pyrrole nitrogens is 1. The maximum atomic E-state index is 12.6. The van der Waals surface area contributed by atoms with Crippen LogP contribution < -0.4 is 10.9 Å². The summed E-state index contributed by atoms with van der Waals surface area (Å²) in [5, 5.41) is 4.23. The van der Waals surface area contributed by atoms with Gasteiger partial charge in [-0.1, -0.05) is 0 Å². The molecule has 18 heavy (non-hydrogen) atoms. The molecule has 0 aromatic carbocycles. The molecule has 2 aliphatic rings. The fourth-order valence-corrected chi connectivity index (χ4v) is 4.29. The third-order valence-corrected chi connectivity index (χ3v) is 5.16. The second kappa shape index (κ2) is 3.76. The Bertz CT molecular complexity index is 751. The number of rotatable bonds is 1. The van der Waals surface area contributed by atoms with Crippen molar-refractivity contribution in [1.29, 1.82) is 0 Å². The van der Waals surface area contributed by atoms with E-state index in [2.05, 4.69) is 10.3 Å². The monoisotopic (exact) mass is 279 g/mol. The number of nitrogens with zero attached hydrogens (tertiary/aromatic N) is 1. The van der Waals surface area contributed by atoms with Gasteiger partial charge in [-0.25, -0.2) is 0 Å². The Labute approximate surface area is 113 Å². The molecule has 0 bridgehead atoms. The van der Waals surface area contributed by atoms with Crippen LogP contribution in [0.1, 0.15) is 29.3 Å². The van der Waals surface area contributed by atoms with Crippen LogP contribution in [0.15, 0.2) is 4.79 Å². The van der Waals surface area contributed by atoms with Crippen LogP contribution in [0.4, 0.5) is 0 Å². The van der Waals surface area contributed by atoms with Crippen molar-refractivity contribution in [2.75, 3.05) is 6.54 Å². The molecule has 0 radical (unpaired) electrons. The lowest BCUT2D eigenvalue weighted by Gasteiger charge is -2.12. The van der Waals surface area contributed by atoms with E-state index >= 15 is 0 Å². The summed E-state index contributed by atoms with van der Waals surface area (Å²) >= 11 is 6.99. The Balaban J connectivity index is 2.11. The molecular formula is C12H13N3OS2. The second-order valence-electron chi connectivity index (χ2n) is 4.97. The van der Waals surface area contributed by atoms with Gasteiger partial charge in [-0.3, -0.25) is 9.36 Å². The van der Waals surface area contributed by atoms with Gasteiger partial charge in [0.1, 0.15) is 4.83 Å². The normalized spacial score (nSPS) is 19.1. The van der Waals surface area contributed by atoms with Gasteiger partial charge >= 0.3 is 0 Å². The van der Waals surface area contributed by atoms with Crippen LogP contribution in [-0.2, 0) is 13.0 Å². The summed E-state index contributed by atoms with van der Waals surface area (Å²) < 4.78 is 2.37. The molecule has 0 unspecified atom stereocenters. The van der Waals surface area contributed by atoms with Crippen molar-refractivity contribution in [2.45, 2.75) is 31.8 Å². The van der Waals surface area contributed by atoms with E-state index in [1.54, 1.807) is 15.9 Å². The van der Waals surface area contributed by atoms with Crippen LogP contribution in [0, 0.1) is 4.77 Å². The molecule has 1 saturated carbocycles. The highest BCUT2D eigenvalue weighted by Crippen LogP contribution is 2.35. The van der Waals surface area contributed by atoms with Gasteiger partial charge in [-0.15, -0.1) is 11.3 Å². The van der Waals surface area contributed by atoms with Crippen molar-refractivity contribution in [3.05, 3.63) is 25.6 Å². The lowest BCUT2D eigenvalue weighted by Crippen LogP contribution is -2.25. The minimum Gasteiger partial charge on any atom is -0.323 e. The van der Waals surface area contributed by atoms with Crippen molar-refractivity contribution in [3.8, 4) is 0 Å². The zero-order valence-corrected chi connectivity index (χ0v) is 11.4. The first kappa shape index (κ1) is 10.9. The lowest BCUT2D eigenvalue weighted by molar-refractivity contribution is 0.654. The molecule has 1 aliphatic carbocycles. The number of aromatic nitrogens is 2. The van der Waals surface area contributed by atoms with E-state index in [-0.39, 0.29) is 5.56 Å². The molecule has 6 heteroatoms. The van der Waals surface area contributed by atoms with Crippen LogP contribution in [0.5, 0.6) is 0 Å². The fraction of sp³-hybridized carbons (Fsp3) is 0.500. The molecule has 1 aliphatic heterocycles. The summed E-state index contributed by atoms with van der Waals surface area (Å²) in [6.45, 7) is 1.83. The molecule has 1 fully saturated rings. The van der Waals surface area contributed by atoms with E-state index in [0.717, 1.165) is 42.6 Å². The zero-order valence-electron chi connectivity index (χ0n) is 9.78. The quantitative estimate of drug-likeness (QED) is 0.786. The number of aromatic amines is 1. The van der Waals surface area contributed by atoms with E-state index in [0.29, 0.717) is 10.8 Å². The topological polar surface area (TPSA) is 49.8 Å². The number of hydrogen-bond donors (Lipinski definition) is 2. The fourth-order valence-electron chi connectivity index (χ4n) is 2.68. The van der Waals surface area contributed by atoms with Crippen molar-refractivity contribution >= 4 is 33.8 Å². The Hall–Kier alpha value is -0.980. The molecule has 2 aromatic heterocycles. The van der Waals surface area contributed by atoms with Gasteiger partial charge in [-0.2, -0.15) is 0 Å². The van der Waals surface area contributed by atoms with E-state index in [1.807, 2.05) is 0 Å². The number of nitrogens with one attached hydrogen (secondary N) is 2. The molecule has 4 rings (SSSR count). The van der Waals surface area contributed by atoms with Gasteiger partial charge in [0.15, 0.2) is 4.77 Å². The Morgan fingerprint density at radius 3 is 3.00 bits per heavy atom. The van der Waals surface area contributed by atoms with Gasteiger partial charge < -0.3 is 10.3 Å². The minimum absolute atomic E-state index is 0.121. The van der Waals surface area contributed by atoms with Crippen molar-refractivity contribution < 1.29 is 0 Å². The Kier molecular flexibility index (Phi) is 2.27. The molecule has 0 saturated heterocycles. The Morgan fingerprint density at radius 1 is 1.39 bits per heavy atom. The second-order valence-corrected chi connectivity index (χ2v) is 6.46. The van der Waals surface area contributed by atoms with E-state index < -0.39 is 0 Å². The smallest absolute Gasteiger partial charge is 0.263 e. The number of hydrogen-bond acceptors (Lipinski definition) is 4. The lowest BCUT2D eigenvalue weighted by atomic mass is 10.1. The molecule has 2 N–H and O–H groups in total. The highest BCUT2D eigenvalue weighted by Gasteiger charge is 2.28. The zero-order chi connectivity index (χ0) is 12.3. The van der Waals surface area contributed by atoms with Crippen LogP contribution >= 0.6 is 23.6 Å². The van der Waals surface area contributed by atoms with Gasteiger partial charge in [0, 0.05) is 17.5 Å². The van der Waals surface area contributed by atoms with Gasteiger partial charge in [-0.05, 0) is 43.6 Å². The number of fused-ring (bicyclic) bond motifs is 3. The molecule has 94 valence electrons. The first-order chi connectivity index (χ1) is 8.75. The molecule has 4 nitrogen and oxygen atoms in total. The maximum absolute atomic E-state index is 12.6. The molecular weight excluding hydrogens is 266 g/mol. The standard InChI is InChI=1S/C12H13N3OS2/c16-11-9-7-3-4-13-5-8(7)18-10(9)14-12(17)15(11)6-1-2-6/h6,13H,1-5H2,(H,14,17). The first-order valence-electron chi connectivity index (χ1n) is 6.25. The SMILES string of the molecule is O=c1c2c3c(sc2[nH]c(=S)n1C1CC1)CNCC3. The van der Waals surface area contributed by atoms with E-state index in [4.69, 9.17) is 12.2 Å². The Morgan fingerprint density at radius 2 is 2.22 bits per heavy atom. The summed E-state index contributed by atoms with van der Waals surface area (Å²) in [5.41, 5.74) is 1.36. The maximum Gasteiger partial charge on any atom is 0.263 e. The van der Waals surface area contributed by atoms with E-state index in [9.17, 15) is 4.79 Å². The summed E-state index contributed by atoms with van der Waals surface area (Å²) in [7, 11) is 0. The van der Waals surface area contributed by atoms with Crippen LogP contribution in [-0.4, -0.2) is 16.1 Å². The van der Waals surface area contributed by atoms with Crippen molar-refractivity contribution in [1.82, 2.24) is 14.9 Å². The average molecular weight is 279 g/mol. The molecule has 0 amide bonds. The summed E-state index contributed by atoms with van der Waals surface area (Å²) in [4.78, 5) is 18.1. The predicted molar refractivity (Wildman–Crippen MR) is 75.0 cm³/mol. The van der Waals surface area contributed by atoms with Crippen LogP contribution in [0.3, 0.4) is 0 Å². The average Bonchev–Trinajstić information content (AvgIpc) is 3.09. The molecule has 0 spiro atoms. The van der Waals surface area contributed by atoms with Crippen LogP contribution in [0.2, 0.25) is 0 Å². The van der Waals surface area contributed by atoms with Crippen LogP contribution in [0.25, 0.3) is 10.2 Å². The van der Waals surface area contributed by atoms with Crippen molar-refractivity contribution in [3.63, 3.8) is 0 Å². The molecule has 0 atom stereocenters. The summed E-state index contributed by atoms with van der Waals surface area (Å²) in [5.74, 6) is 0. The summed E-state index contributed by atoms with van der Waals surface area (Å²) in [6, 6.07) is 0.336. The highest BCUT2D eigenvalue weighted by molar-refractivity contribution is 7.71. The van der Waals surface area contributed by atoms with Gasteiger partial charge in [0.05, 0.1) is 5.39 Å². The molecule has 2 aromatic rings. The number of thiophene rings is 1.